The summed E-state index contributed by atoms with van der Waals surface area (Å²) in [5.41, 5.74) is 7.77. The minimum atomic E-state index is 0.575. The van der Waals surface area contributed by atoms with Crippen LogP contribution in [0, 0.1) is 3.57 Å². The lowest BCUT2D eigenvalue weighted by molar-refractivity contribution is 1.02. The Balaban J connectivity index is 2.67. The zero-order valence-electron chi connectivity index (χ0n) is 6.47. The number of halogens is 1. The van der Waals surface area contributed by atoms with Gasteiger partial charge in [0.25, 0.3) is 0 Å². The maximum atomic E-state index is 5.52. The fourth-order valence-electron chi connectivity index (χ4n) is 1.27. The number of aromatic nitrogens is 1. The molecular weight excluding hydrogens is 263 g/mol. The van der Waals surface area contributed by atoms with Gasteiger partial charge < -0.3 is 10.7 Å². The van der Waals surface area contributed by atoms with Crippen molar-refractivity contribution in [1.82, 2.24) is 4.98 Å². The largest absolute Gasteiger partial charge is 0.357 e. The highest BCUT2D eigenvalue weighted by Crippen LogP contribution is 2.17. The average molecular weight is 272 g/mol. The topological polar surface area (TPSA) is 41.8 Å². The third-order valence-electron chi connectivity index (χ3n) is 1.86. The second-order valence-corrected chi connectivity index (χ2v) is 3.98. The van der Waals surface area contributed by atoms with Gasteiger partial charge in [-0.25, -0.2) is 0 Å². The predicted molar refractivity (Wildman–Crippen MR) is 58.9 cm³/mol. The molecule has 0 spiro atoms. The van der Waals surface area contributed by atoms with Crippen LogP contribution in [0.3, 0.4) is 0 Å². The highest BCUT2D eigenvalue weighted by molar-refractivity contribution is 14.1. The number of benzene rings is 1. The van der Waals surface area contributed by atoms with Crippen LogP contribution in [0.2, 0.25) is 0 Å². The van der Waals surface area contributed by atoms with E-state index in [9.17, 15) is 0 Å². The summed E-state index contributed by atoms with van der Waals surface area (Å²) in [4.78, 5) is 3.24. The summed E-state index contributed by atoms with van der Waals surface area (Å²) < 4.78 is 1.25. The molecule has 0 fully saturated rings. The molecule has 62 valence electrons. The molecule has 0 aliphatic rings. The molecule has 0 saturated heterocycles. The van der Waals surface area contributed by atoms with Gasteiger partial charge in [-0.05, 0) is 46.9 Å². The molecule has 0 atom stereocenters. The van der Waals surface area contributed by atoms with Crippen molar-refractivity contribution >= 4 is 33.5 Å². The summed E-state index contributed by atoms with van der Waals surface area (Å²) in [7, 11) is 0. The Bertz CT molecular complexity index is 406. The van der Waals surface area contributed by atoms with Crippen LogP contribution < -0.4 is 5.73 Å². The molecule has 0 bridgehead atoms. The first kappa shape index (κ1) is 8.07. The number of H-pyrrole nitrogens is 1. The first-order chi connectivity index (χ1) is 5.79. The van der Waals surface area contributed by atoms with E-state index in [1.165, 1.54) is 8.96 Å². The predicted octanol–water partition coefficient (Wildman–Crippen LogP) is 2.23. The van der Waals surface area contributed by atoms with Crippen LogP contribution in [0.15, 0.2) is 24.3 Å². The van der Waals surface area contributed by atoms with Crippen molar-refractivity contribution in [2.24, 2.45) is 5.73 Å². The van der Waals surface area contributed by atoms with Crippen molar-refractivity contribution in [3.63, 3.8) is 0 Å². The first-order valence-corrected chi connectivity index (χ1v) is 4.84. The maximum Gasteiger partial charge on any atom is 0.0457 e. The average Bonchev–Trinajstić information content (AvgIpc) is 2.46. The smallest absolute Gasteiger partial charge is 0.0457 e. The van der Waals surface area contributed by atoms with Gasteiger partial charge in [-0.15, -0.1) is 0 Å². The van der Waals surface area contributed by atoms with Gasteiger partial charge in [-0.3, -0.25) is 0 Å². The summed E-state index contributed by atoms with van der Waals surface area (Å²) in [5, 5.41) is 1.24. The summed E-state index contributed by atoms with van der Waals surface area (Å²) in [6.45, 7) is 0.575. The summed E-state index contributed by atoms with van der Waals surface area (Å²) in [5.74, 6) is 0. The SMILES string of the molecule is NCc1cc2cc(I)ccc2[nH]1. The molecule has 12 heavy (non-hydrogen) atoms. The van der Waals surface area contributed by atoms with E-state index in [0.29, 0.717) is 6.54 Å². The molecule has 1 aromatic carbocycles. The Kier molecular flexibility index (Phi) is 2.06. The second kappa shape index (κ2) is 3.06. The Morgan fingerprint density at radius 2 is 2.17 bits per heavy atom. The van der Waals surface area contributed by atoms with Gasteiger partial charge in [0.05, 0.1) is 0 Å². The highest BCUT2D eigenvalue weighted by Gasteiger charge is 1.98. The van der Waals surface area contributed by atoms with Crippen LogP contribution in [-0.2, 0) is 6.54 Å². The molecular formula is C9H9IN2. The Morgan fingerprint density at radius 1 is 1.33 bits per heavy atom. The zero-order chi connectivity index (χ0) is 8.55. The van der Waals surface area contributed by atoms with E-state index >= 15 is 0 Å². The van der Waals surface area contributed by atoms with Crippen LogP contribution in [0.25, 0.3) is 10.9 Å². The van der Waals surface area contributed by atoms with Gasteiger partial charge >= 0.3 is 0 Å². The molecule has 1 aromatic heterocycles. The van der Waals surface area contributed by atoms with Crippen LogP contribution in [0.5, 0.6) is 0 Å². The fraction of sp³-hybridized carbons (Fsp3) is 0.111. The van der Waals surface area contributed by atoms with Gasteiger partial charge in [0.1, 0.15) is 0 Å². The quantitative estimate of drug-likeness (QED) is 0.768. The Labute approximate surface area is 84.3 Å². The molecule has 3 heteroatoms. The lowest BCUT2D eigenvalue weighted by Crippen LogP contribution is -1.94. The van der Waals surface area contributed by atoms with E-state index in [4.69, 9.17) is 5.73 Å². The normalized spacial score (nSPS) is 10.8. The third kappa shape index (κ3) is 1.34. The molecule has 0 amide bonds. The highest BCUT2D eigenvalue weighted by atomic mass is 127. The number of nitrogens with two attached hydrogens (primary N) is 1. The van der Waals surface area contributed by atoms with Crippen LogP contribution in [0.4, 0.5) is 0 Å². The van der Waals surface area contributed by atoms with Crippen molar-refractivity contribution in [3.05, 3.63) is 33.5 Å². The van der Waals surface area contributed by atoms with Crippen molar-refractivity contribution in [1.29, 1.82) is 0 Å². The van der Waals surface area contributed by atoms with Crippen molar-refractivity contribution < 1.29 is 0 Å². The molecule has 0 aliphatic heterocycles. The molecule has 1 heterocycles. The maximum absolute atomic E-state index is 5.52. The van der Waals surface area contributed by atoms with E-state index in [-0.39, 0.29) is 0 Å². The molecule has 0 saturated carbocycles. The van der Waals surface area contributed by atoms with Crippen molar-refractivity contribution in [3.8, 4) is 0 Å². The van der Waals surface area contributed by atoms with Gasteiger partial charge in [-0.1, -0.05) is 0 Å². The van der Waals surface area contributed by atoms with Gasteiger partial charge in [0.2, 0.25) is 0 Å². The molecule has 3 N–H and O–H groups in total. The minimum absolute atomic E-state index is 0.575. The monoisotopic (exact) mass is 272 g/mol. The van der Waals surface area contributed by atoms with Crippen LogP contribution >= 0.6 is 22.6 Å². The van der Waals surface area contributed by atoms with E-state index in [1.54, 1.807) is 0 Å². The first-order valence-electron chi connectivity index (χ1n) is 3.77. The lowest BCUT2D eigenvalue weighted by Gasteiger charge is -1.89. The number of nitrogens with one attached hydrogen (secondary N) is 1. The minimum Gasteiger partial charge on any atom is -0.357 e. The number of rotatable bonds is 1. The lowest BCUT2D eigenvalue weighted by atomic mass is 10.2. The fourth-order valence-corrected chi connectivity index (χ4v) is 1.79. The van der Waals surface area contributed by atoms with E-state index in [0.717, 1.165) is 11.2 Å². The van der Waals surface area contributed by atoms with E-state index in [2.05, 4.69) is 51.8 Å². The standard InChI is InChI=1S/C9H9IN2/c10-7-1-2-9-6(3-7)4-8(5-11)12-9/h1-4,12H,5,11H2. The summed E-state index contributed by atoms with van der Waals surface area (Å²) in [6.07, 6.45) is 0. The molecule has 2 aromatic rings. The van der Waals surface area contributed by atoms with Gasteiger partial charge in [0, 0.05) is 26.7 Å². The molecule has 2 rings (SSSR count). The van der Waals surface area contributed by atoms with Gasteiger partial charge in [0.15, 0.2) is 0 Å². The zero-order valence-corrected chi connectivity index (χ0v) is 8.63. The van der Waals surface area contributed by atoms with Crippen molar-refractivity contribution in [2.75, 3.05) is 0 Å². The number of hydrogen-bond donors (Lipinski definition) is 2. The summed E-state index contributed by atoms with van der Waals surface area (Å²) in [6, 6.07) is 8.40. The van der Waals surface area contributed by atoms with Gasteiger partial charge in [-0.2, -0.15) is 0 Å². The van der Waals surface area contributed by atoms with Crippen molar-refractivity contribution in [2.45, 2.75) is 6.54 Å². The van der Waals surface area contributed by atoms with Crippen LogP contribution in [0.1, 0.15) is 5.69 Å². The van der Waals surface area contributed by atoms with E-state index < -0.39 is 0 Å². The molecule has 2 nitrogen and oxygen atoms in total. The molecule has 0 radical (unpaired) electrons. The third-order valence-corrected chi connectivity index (χ3v) is 2.53. The molecule has 0 aliphatic carbocycles. The molecule has 0 unspecified atom stereocenters. The number of aromatic amines is 1. The second-order valence-electron chi connectivity index (χ2n) is 2.73. The Morgan fingerprint density at radius 3 is 2.92 bits per heavy atom. The number of fused-ring (bicyclic) bond motifs is 1. The van der Waals surface area contributed by atoms with Crippen LogP contribution in [-0.4, -0.2) is 4.98 Å². The summed E-state index contributed by atoms with van der Waals surface area (Å²) >= 11 is 2.30. The number of hydrogen-bond acceptors (Lipinski definition) is 1. The Hall–Kier alpha value is -0.550. The van der Waals surface area contributed by atoms with E-state index in [1.807, 2.05) is 0 Å².